The van der Waals surface area contributed by atoms with Gasteiger partial charge in [0.25, 0.3) is 0 Å². The lowest BCUT2D eigenvalue weighted by molar-refractivity contribution is -0.152. The lowest BCUT2D eigenvalue weighted by atomic mass is 10.1. The van der Waals surface area contributed by atoms with Gasteiger partial charge in [0.15, 0.2) is 0 Å². The molecule has 0 radical (unpaired) electrons. The molecule has 0 aliphatic carbocycles. The Kier molecular flexibility index (Phi) is 10.3. The quantitative estimate of drug-likeness (QED) is 0.261. The van der Waals surface area contributed by atoms with Crippen molar-refractivity contribution in [3.05, 3.63) is 42.0 Å². The molecule has 1 rings (SSSR count). The van der Waals surface area contributed by atoms with Crippen LogP contribution in [0.5, 0.6) is 0 Å². The molecule has 0 fully saturated rings. The highest BCUT2D eigenvalue weighted by Gasteiger charge is 2.11. The van der Waals surface area contributed by atoms with Gasteiger partial charge in [0.05, 0.1) is 0 Å². The highest BCUT2D eigenvalue weighted by molar-refractivity contribution is 7.99. The Hall–Kier alpha value is -1.40. The van der Waals surface area contributed by atoms with E-state index in [4.69, 9.17) is 9.47 Å². The molecule has 4 nitrogen and oxygen atoms in total. The lowest BCUT2D eigenvalue weighted by Crippen LogP contribution is -2.15. The molecule has 0 atom stereocenters. The second-order valence-corrected chi connectivity index (χ2v) is 6.85. The monoisotopic (exact) mass is 354 g/mol. The molecule has 1 aromatic carbocycles. The van der Waals surface area contributed by atoms with Gasteiger partial charge in [-0.2, -0.15) is 11.8 Å². The van der Waals surface area contributed by atoms with Gasteiger partial charge in [-0.25, -0.2) is 0 Å². The van der Waals surface area contributed by atoms with Crippen LogP contribution in [0, 0.1) is 0 Å². The van der Waals surface area contributed by atoms with E-state index in [-0.39, 0.29) is 12.4 Å². The summed E-state index contributed by atoms with van der Waals surface area (Å²) < 4.78 is 9.88. The third-order valence-electron chi connectivity index (χ3n) is 2.77. The molecule has 0 saturated carbocycles. The second-order valence-electron chi connectivity index (χ2n) is 4.52. The van der Waals surface area contributed by atoms with Gasteiger partial charge in [-0.1, -0.05) is 43.8 Å². The van der Waals surface area contributed by atoms with Crippen molar-refractivity contribution >= 4 is 41.5 Å². The predicted octanol–water partition coefficient (Wildman–Crippen LogP) is 3.75. The second kappa shape index (κ2) is 12.1. The third-order valence-corrected chi connectivity index (χ3v) is 4.46. The Balaban J connectivity index is 2.08. The fourth-order valence-corrected chi connectivity index (χ4v) is 2.72. The maximum Gasteiger partial charge on any atom is 0.317 e. The molecule has 0 heterocycles. The molecule has 1 aromatic rings. The van der Waals surface area contributed by atoms with E-state index in [0.717, 1.165) is 17.1 Å². The van der Waals surface area contributed by atoms with E-state index in [1.54, 1.807) is 11.8 Å². The van der Waals surface area contributed by atoms with Crippen LogP contribution in [0.4, 0.5) is 0 Å². The fraction of sp³-hybridized carbons (Fsp3) is 0.412. The van der Waals surface area contributed by atoms with E-state index < -0.39 is 11.9 Å². The van der Waals surface area contributed by atoms with E-state index >= 15 is 0 Å². The van der Waals surface area contributed by atoms with Gasteiger partial charge in [-0.3, -0.25) is 9.59 Å². The van der Waals surface area contributed by atoms with Crippen molar-refractivity contribution in [1.82, 2.24) is 0 Å². The van der Waals surface area contributed by atoms with Crippen molar-refractivity contribution in [1.29, 1.82) is 0 Å². The summed E-state index contributed by atoms with van der Waals surface area (Å²) in [6.07, 6.45) is 1.49. The van der Waals surface area contributed by atoms with Gasteiger partial charge in [-0.15, -0.1) is 11.8 Å². The zero-order chi connectivity index (χ0) is 16.9. The third kappa shape index (κ3) is 9.36. The number of rotatable bonds is 11. The molecule has 0 bridgehead atoms. The van der Waals surface area contributed by atoms with Crippen molar-refractivity contribution in [2.75, 3.05) is 24.1 Å². The Morgan fingerprint density at radius 2 is 1.83 bits per heavy atom. The molecule has 0 spiro atoms. The van der Waals surface area contributed by atoms with Gasteiger partial charge in [0, 0.05) is 11.5 Å². The van der Waals surface area contributed by atoms with E-state index in [9.17, 15) is 9.59 Å². The topological polar surface area (TPSA) is 52.6 Å². The minimum Gasteiger partial charge on any atom is -0.464 e. The zero-order valence-corrected chi connectivity index (χ0v) is 14.9. The molecule has 126 valence electrons. The van der Waals surface area contributed by atoms with Crippen molar-refractivity contribution in [3.63, 3.8) is 0 Å². The van der Waals surface area contributed by atoms with E-state index in [2.05, 4.69) is 18.7 Å². The summed E-state index contributed by atoms with van der Waals surface area (Å²) in [6, 6.07) is 8.15. The van der Waals surface area contributed by atoms with Crippen LogP contribution >= 0.6 is 23.5 Å². The number of carbonyl (C=O) groups excluding carboxylic acids is 2. The average Bonchev–Trinajstić information content (AvgIpc) is 2.55. The van der Waals surface area contributed by atoms with Crippen molar-refractivity contribution in [3.8, 4) is 0 Å². The van der Waals surface area contributed by atoms with Crippen LogP contribution in [0.15, 0.2) is 30.8 Å². The van der Waals surface area contributed by atoms with Gasteiger partial charge < -0.3 is 9.47 Å². The Bertz CT molecular complexity index is 500. The number of hydrogen-bond donors (Lipinski definition) is 0. The summed E-state index contributed by atoms with van der Waals surface area (Å²) >= 11 is 3.16. The maximum atomic E-state index is 11.4. The van der Waals surface area contributed by atoms with Gasteiger partial charge >= 0.3 is 11.9 Å². The first-order valence-electron chi connectivity index (χ1n) is 7.33. The normalized spacial score (nSPS) is 10.1. The molecule has 0 unspecified atom stereocenters. The first-order chi connectivity index (χ1) is 11.2. The largest absolute Gasteiger partial charge is 0.464 e. The first kappa shape index (κ1) is 19.6. The molecular formula is C17H22O4S2. The van der Waals surface area contributed by atoms with Crippen LogP contribution in [0.1, 0.15) is 24.5 Å². The smallest absolute Gasteiger partial charge is 0.317 e. The van der Waals surface area contributed by atoms with E-state index in [1.165, 1.54) is 17.3 Å². The number of thioether (sulfide) groups is 2. The summed E-state index contributed by atoms with van der Waals surface area (Å²) in [7, 11) is 0. The molecule has 0 N–H and O–H groups in total. The molecule has 23 heavy (non-hydrogen) atoms. The minimum atomic E-state index is -0.536. The number of benzene rings is 1. The van der Waals surface area contributed by atoms with Crippen LogP contribution in [0.25, 0.3) is 6.08 Å². The predicted molar refractivity (Wildman–Crippen MR) is 97.4 cm³/mol. The van der Waals surface area contributed by atoms with Crippen LogP contribution in [0.2, 0.25) is 0 Å². The van der Waals surface area contributed by atoms with E-state index in [1.807, 2.05) is 25.1 Å². The summed E-state index contributed by atoms with van der Waals surface area (Å²) in [6.45, 7) is 5.98. The van der Waals surface area contributed by atoms with Crippen LogP contribution in [0.3, 0.4) is 0 Å². The van der Waals surface area contributed by atoms with Gasteiger partial charge in [0.1, 0.15) is 19.0 Å². The summed E-state index contributed by atoms with van der Waals surface area (Å²) in [5, 5.41) is 0. The lowest BCUT2D eigenvalue weighted by Gasteiger charge is -2.06. The summed E-state index contributed by atoms with van der Waals surface area (Å²) in [4.78, 5) is 22.7. The average molecular weight is 354 g/mol. The van der Waals surface area contributed by atoms with Crippen LogP contribution < -0.4 is 0 Å². The standard InChI is InChI=1S/C17H22O4S2/c1-3-14-5-7-15(8-6-14)12-23-10-9-20-16(18)11-17(19)21-13-22-4-2/h3,5-8H,1,4,9-13H2,2H3. The number of ether oxygens (including phenoxy) is 2. The summed E-state index contributed by atoms with van der Waals surface area (Å²) in [5.74, 6) is 1.62. The SMILES string of the molecule is C=Cc1ccc(CSCCOC(=O)CC(=O)OCSCC)cc1. The van der Waals surface area contributed by atoms with Crippen molar-refractivity contribution in [2.24, 2.45) is 0 Å². The minimum absolute atomic E-state index is 0.281. The molecule has 0 aliphatic rings. The molecule has 6 heteroatoms. The highest BCUT2D eigenvalue weighted by atomic mass is 32.2. The van der Waals surface area contributed by atoms with E-state index in [0.29, 0.717) is 12.4 Å². The number of esters is 2. The Morgan fingerprint density at radius 3 is 2.48 bits per heavy atom. The van der Waals surface area contributed by atoms with Crippen LogP contribution in [-0.4, -0.2) is 36.0 Å². The molecule has 0 amide bonds. The summed E-state index contributed by atoms with van der Waals surface area (Å²) in [5.41, 5.74) is 2.31. The van der Waals surface area contributed by atoms with Crippen LogP contribution in [-0.2, 0) is 24.8 Å². The van der Waals surface area contributed by atoms with Gasteiger partial charge in [-0.05, 0) is 16.9 Å². The van der Waals surface area contributed by atoms with Gasteiger partial charge in [0.2, 0.25) is 0 Å². The maximum absolute atomic E-state index is 11.4. The zero-order valence-electron chi connectivity index (χ0n) is 13.3. The Morgan fingerprint density at radius 1 is 1.13 bits per heavy atom. The van der Waals surface area contributed by atoms with Crippen molar-refractivity contribution < 1.29 is 19.1 Å². The molecular weight excluding hydrogens is 332 g/mol. The Labute approximate surface area is 146 Å². The molecule has 0 saturated heterocycles. The highest BCUT2D eigenvalue weighted by Crippen LogP contribution is 2.13. The molecule has 0 aliphatic heterocycles. The fourth-order valence-electron chi connectivity index (χ4n) is 1.57. The molecule has 0 aromatic heterocycles. The number of hydrogen-bond acceptors (Lipinski definition) is 6. The first-order valence-corrected chi connectivity index (χ1v) is 9.64. The van der Waals surface area contributed by atoms with Crippen molar-refractivity contribution in [2.45, 2.75) is 19.1 Å². The number of carbonyl (C=O) groups is 2.